The number of hydrogen-bond acceptors (Lipinski definition) is 5. The van der Waals surface area contributed by atoms with Crippen molar-refractivity contribution < 1.29 is 23.9 Å². The van der Waals surface area contributed by atoms with Gasteiger partial charge in [-0.3, -0.25) is 4.79 Å². The van der Waals surface area contributed by atoms with Gasteiger partial charge in [-0.2, -0.15) is 0 Å². The summed E-state index contributed by atoms with van der Waals surface area (Å²) < 4.78 is 10.3. The molecule has 118 valence electrons. The molecule has 0 atom stereocenters. The number of halogens is 1. The van der Waals surface area contributed by atoms with Gasteiger partial charge in [0.15, 0.2) is 12.4 Å². The molecule has 0 aromatic heterocycles. The van der Waals surface area contributed by atoms with Crippen LogP contribution in [0.2, 0.25) is 0 Å². The Hall–Kier alpha value is -2.47. The number of ether oxygens (including phenoxy) is 2. The normalized spacial score (nSPS) is 10.0. The average molecular weight is 377 g/mol. The van der Waals surface area contributed by atoms with Crippen molar-refractivity contribution in [3.63, 3.8) is 0 Å². The zero-order valence-electron chi connectivity index (χ0n) is 12.2. The first kappa shape index (κ1) is 16.9. The van der Waals surface area contributed by atoms with Gasteiger partial charge in [0.25, 0.3) is 0 Å². The van der Waals surface area contributed by atoms with E-state index in [2.05, 4.69) is 20.7 Å². The molecule has 6 heteroatoms. The molecule has 2 aromatic rings. The Balaban J connectivity index is 1.97. The Kier molecular flexibility index (Phi) is 5.65. The Morgan fingerprint density at radius 2 is 1.52 bits per heavy atom. The Morgan fingerprint density at radius 1 is 0.913 bits per heavy atom. The highest BCUT2D eigenvalue weighted by Gasteiger charge is 2.13. The number of benzene rings is 2. The van der Waals surface area contributed by atoms with Gasteiger partial charge in [0.05, 0.1) is 18.2 Å². The summed E-state index contributed by atoms with van der Waals surface area (Å²) in [5, 5.41) is 0. The van der Waals surface area contributed by atoms with Crippen molar-refractivity contribution in [2.45, 2.75) is 0 Å². The fourth-order valence-corrected chi connectivity index (χ4v) is 2.22. The van der Waals surface area contributed by atoms with Crippen molar-refractivity contribution in [1.82, 2.24) is 0 Å². The van der Waals surface area contributed by atoms with Crippen LogP contribution in [0, 0.1) is 0 Å². The molecule has 0 bridgehead atoms. The van der Waals surface area contributed by atoms with E-state index in [4.69, 9.17) is 4.74 Å². The van der Waals surface area contributed by atoms with E-state index in [9.17, 15) is 14.4 Å². The minimum Gasteiger partial charge on any atom is -0.465 e. The molecule has 0 aliphatic heterocycles. The molecule has 2 aromatic carbocycles. The van der Waals surface area contributed by atoms with E-state index in [1.54, 1.807) is 24.3 Å². The molecule has 2 rings (SSSR count). The van der Waals surface area contributed by atoms with Crippen LogP contribution in [0.4, 0.5) is 0 Å². The Labute approximate surface area is 141 Å². The molecule has 0 saturated carbocycles. The first-order valence-corrected chi connectivity index (χ1v) is 7.45. The van der Waals surface area contributed by atoms with Gasteiger partial charge < -0.3 is 9.47 Å². The molecular formula is C17H13BrO5. The van der Waals surface area contributed by atoms with Crippen molar-refractivity contribution in [2.75, 3.05) is 13.7 Å². The molecule has 0 fully saturated rings. The Bertz CT molecular complexity index is 737. The van der Waals surface area contributed by atoms with Crippen LogP contribution in [-0.4, -0.2) is 31.4 Å². The summed E-state index contributed by atoms with van der Waals surface area (Å²) in [4.78, 5) is 35.2. The molecule has 0 radical (unpaired) electrons. The second-order valence-corrected chi connectivity index (χ2v) is 5.49. The van der Waals surface area contributed by atoms with Crippen LogP contribution in [0.1, 0.15) is 31.1 Å². The van der Waals surface area contributed by atoms with Gasteiger partial charge in [0.2, 0.25) is 0 Å². The third-order valence-electron chi connectivity index (χ3n) is 3.02. The highest BCUT2D eigenvalue weighted by molar-refractivity contribution is 9.10. The maximum absolute atomic E-state index is 12.0. The van der Waals surface area contributed by atoms with Gasteiger partial charge in [-0.05, 0) is 36.4 Å². The number of carbonyl (C=O) groups excluding carboxylic acids is 3. The predicted molar refractivity (Wildman–Crippen MR) is 86.5 cm³/mol. The number of ketones is 1. The largest absolute Gasteiger partial charge is 0.465 e. The molecule has 0 heterocycles. The van der Waals surface area contributed by atoms with Gasteiger partial charge in [-0.25, -0.2) is 9.59 Å². The molecule has 0 spiro atoms. The number of carbonyl (C=O) groups is 3. The lowest BCUT2D eigenvalue weighted by molar-refractivity contribution is 0.0474. The second kappa shape index (κ2) is 7.69. The van der Waals surface area contributed by atoms with Gasteiger partial charge in [0, 0.05) is 10.0 Å². The molecule has 0 N–H and O–H groups in total. The SMILES string of the molecule is COC(=O)c1ccc(C(=O)OCC(=O)c2cccc(Br)c2)cc1. The smallest absolute Gasteiger partial charge is 0.338 e. The van der Waals surface area contributed by atoms with Gasteiger partial charge in [0.1, 0.15) is 0 Å². The Morgan fingerprint density at radius 3 is 2.09 bits per heavy atom. The topological polar surface area (TPSA) is 69.7 Å². The molecule has 5 nitrogen and oxygen atoms in total. The van der Waals surface area contributed by atoms with Crippen molar-refractivity contribution in [2.24, 2.45) is 0 Å². The summed E-state index contributed by atoms with van der Waals surface area (Å²) in [6, 6.07) is 12.6. The zero-order valence-corrected chi connectivity index (χ0v) is 13.8. The molecule has 0 unspecified atom stereocenters. The fraction of sp³-hybridized carbons (Fsp3) is 0.118. The zero-order chi connectivity index (χ0) is 16.8. The van der Waals surface area contributed by atoms with Crippen molar-refractivity contribution in [1.29, 1.82) is 0 Å². The number of hydrogen-bond donors (Lipinski definition) is 0. The van der Waals surface area contributed by atoms with E-state index < -0.39 is 11.9 Å². The van der Waals surface area contributed by atoms with E-state index >= 15 is 0 Å². The molecule has 0 aliphatic carbocycles. The first-order chi connectivity index (χ1) is 11.0. The molecule has 0 amide bonds. The summed E-state index contributed by atoms with van der Waals surface area (Å²) in [7, 11) is 1.28. The number of methoxy groups -OCH3 is 1. The lowest BCUT2D eigenvalue weighted by Gasteiger charge is -2.05. The predicted octanol–water partition coefficient (Wildman–Crippen LogP) is 3.28. The third-order valence-corrected chi connectivity index (χ3v) is 3.52. The maximum Gasteiger partial charge on any atom is 0.338 e. The summed E-state index contributed by atoms with van der Waals surface area (Å²) in [5.41, 5.74) is 1.03. The van der Waals surface area contributed by atoms with E-state index in [1.807, 2.05) is 0 Å². The highest BCUT2D eigenvalue weighted by Crippen LogP contribution is 2.13. The van der Waals surface area contributed by atoms with Crippen molar-refractivity contribution >= 4 is 33.7 Å². The number of esters is 2. The highest BCUT2D eigenvalue weighted by atomic mass is 79.9. The van der Waals surface area contributed by atoms with Crippen LogP contribution < -0.4 is 0 Å². The van der Waals surface area contributed by atoms with Crippen LogP contribution in [0.25, 0.3) is 0 Å². The standard InChI is InChI=1S/C17H13BrO5/c1-22-16(20)11-5-7-12(8-6-11)17(21)23-10-15(19)13-3-2-4-14(18)9-13/h2-9H,10H2,1H3. The molecule has 23 heavy (non-hydrogen) atoms. The quantitative estimate of drug-likeness (QED) is 0.591. The third kappa shape index (κ3) is 4.50. The van der Waals surface area contributed by atoms with Crippen LogP contribution in [0.3, 0.4) is 0 Å². The van der Waals surface area contributed by atoms with Crippen LogP contribution in [0.5, 0.6) is 0 Å². The van der Waals surface area contributed by atoms with E-state index in [0.29, 0.717) is 11.1 Å². The van der Waals surface area contributed by atoms with Gasteiger partial charge in [-0.1, -0.05) is 28.1 Å². The summed E-state index contributed by atoms with van der Waals surface area (Å²) in [6.07, 6.45) is 0. The monoisotopic (exact) mass is 376 g/mol. The summed E-state index contributed by atoms with van der Waals surface area (Å²) >= 11 is 3.27. The second-order valence-electron chi connectivity index (χ2n) is 4.58. The van der Waals surface area contributed by atoms with Crippen molar-refractivity contribution in [3.8, 4) is 0 Å². The van der Waals surface area contributed by atoms with Crippen LogP contribution in [0.15, 0.2) is 53.0 Å². The number of Topliss-reactive ketones (excluding diaryl/α,β-unsaturated/α-hetero) is 1. The lowest BCUT2D eigenvalue weighted by atomic mass is 10.1. The summed E-state index contributed by atoms with van der Waals surface area (Å²) in [5.74, 6) is -1.43. The first-order valence-electron chi connectivity index (χ1n) is 6.65. The van der Waals surface area contributed by atoms with Gasteiger partial charge in [-0.15, -0.1) is 0 Å². The van der Waals surface area contributed by atoms with E-state index in [1.165, 1.54) is 31.4 Å². The van der Waals surface area contributed by atoms with E-state index in [-0.39, 0.29) is 18.0 Å². The van der Waals surface area contributed by atoms with Crippen LogP contribution in [-0.2, 0) is 9.47 Å². The minimum absolute atomic E-state index is 0.250. The van der Waals surface area contributed by atoms with E-state index in [0.717, 1.165) is 4.47 Å². The molecule has 0 saturated heterocycles. The molecule has 0 aliphatic rings. The van der Waals surface area contributed by atoms with Gasteiger partial charge >= 0.3 is 11.9 Å². The van der Waals surface area contributed by atoms with Crippen molar-refractivity contribution in [3.05, 3.63) is 69.7 Å². The van der Waals surface area contributed by atoms with Crippen LogP contribution >= 0.6 is 15.9 Å². The maximum atomic E-state index is 12.0. The molecular weight excluding hydrogens is 364 g/mol. The minimum atomic E-state index is -0.634. The fourth-order valence-electron chi connectivity index (χ4n) is 1.82. The summed E-state index contributed by atoms with van der Waals surface area (Å²) in [6.45, 7) is -0.353. The lowest BCUT2D eigenvalue weighted by Crippen LogP contribution is -2.14. The number of rotatable bonds is 5. The average Bonchev–Trinajstić information content (AvgIpc) is 2.58.